The van der Waals surface area contributed by atoms with Gasteiger partial charge in [0.15, 0.2) is 11.5 Å². The number of nitrogens with one attached hydrogen (secondary N) is 1. The van der Waals surface area contributed by atoms with Gasteiger partial charge in [-0.05, 0) is 17.7 Å². The summed E-state index contributed by atoms with van der Waals surface area (Å²) in [4.78, 5) is 15.0. The topological polar surface area (TPSA) is 92.0 Å². The van der Waals surface area contributed by atoms with Gasteiger partial charge in [-0.15, -0.1) is 0 Å². The van der Waals surface area contributed by atoms with Crippen LogP contribution in [0.15, 0.2) is 28.8 Å². The van der Waals surface area contributed by atoms with E-state index in [1.165, 1.54) is 0 Å². The lowest BCUT2D eigenvalue weighted by Crippen LogP contribution is -2.01. The van der Waals surface area contributed by atoms with Crippen LogP contribution in [-0.4, -0.2) is 26.3 Å². The lowest BCUT2D eigenvalue weighted by Gasteiger charge is -2.00. The average molecular weight is 257 g/mol. The maximum absolute atomic E-state index is 10.8. The number of rotatable bonds is 3. The van der Waals surface area contributed by atoms with Gasteiger partial charge in [0.25, 0.3) is 0 Å². The molecule has 1 aromatic carbocycles. The van der Waals surface area contributed by atoms with E-state index >= 15 is 0 Å². The minimum atomic E-state index is -0.901. The second-order valence-electron chi connectivity index (χ2n) is 4.25. The molecule has 0 atom stereocenters. The van der Waals surface area contributed by atoms with Crippen molar-refractivity contribution in [1.29, 1.82) is 0 Å². The van der Waals surface area contributed by atoms with Gasteiger partial charge < -0.3 is 9.52 Å². The molecule has 6 heteroatoms. The SMILES string of the molecule is Cc1nc2ccc(-c3cn[nH]c3CC(=O)O)cc2o1. The van der Waals surface area contributed by atoms with Gasteiger partial charge >= 0.3 is 5.97 Å². The molecule has 0 aliphatic carbocycles. The first-order valence-electron chi connectivity index (χ1n) is 5.75. The zero-order valence-corrected chi connectivity index (χ0v) is 10.2. The van der Waals surface area contributed by atoms with E-state index in [-0.39, 0.29) is 6.42 Å². The summed E-state index contributed by atoms with van der Waals surface area (Å²) >= 11 is 0. The highest BCUT2D eigenvalue weighted by atomic mass is 16.4. The summed E-state index contributed by atoms with van der Waals surface area (Å²) in [5.41, 5.74) is 3.65. The van der Waals surface area contributed by atoms with Gasteiger partial charge in [0.1, 0.15) is 5.52 Å². The summed E-state index contributed by atoms with van der Waals surface area (Å²) in [6, 6.07) is 5.56. The predicted molar refractivity (Wildman–Crippen MR) is 67.7 cm³/mol. The Morgan fingerprint density at radius 1 is 1.47 bits per heavy atom. The van der Waals surface area contributed by atoms with E-state index < -0.39 is 5.97 Å². The highest BCUT2D eigenvalue weighted by Crippen LogP contribution is 2.26. The highest BCUT2D eigenvalue weighted by Gasteiger charge is 2.12. The van der Waals surface area contributed by atoms with Gasteiger partial charge in [-0.25, -0.2) is 4.98 Å². The van der Waals surface area contributed by atoms with E-state index in [0.29, 0.717) is 17.2 Å². The van der Waals surface area contributed by atoms with E-state index in [0.717, 1.165) is 16.6 Å². The van der Waals surface area contributed by atoms with Crippen LogP contribution < -0.4 is 0 Å². The number of nitrogens with zero attached hydrogens (tertiary/aromatic N) is 2. The number of oxazole rings is 1. The van der Waals surface area contributed by atoms with Gasteiger partial charge in [-0.2, -0.15) is 5.10 Å². The molecule has 2 heterocycles. The van der Waals surface area contributed by atoms with Crippen molar-refractivity contribution < 1.29 is 14.3 Å². The zero-order valence-electron chi connectivity index (χ0n) is 10.2. The highest BCUT2D eigenvalue weighted by molar-refractivity contribution is 5.82. The molecule has 0 unspecified atom stereocenters. The van der Waals surface area contributed by atoms with Crippen LogP contribution in [0, 0.1) is 6.92 Å². The number of aromatic nitrogens is 3. The van der Waals surface area contributed by atoms with Crippen molar-refractivity contribution in [3.05, 3.63) is 36.0 Å². The van der Waals surface area contributed by atoms with Crippen molar-refractivity contribution in [3.63, 3.8) is 0 Å². The van der Waals surface area contributed by atoms with Crippen LogP contribution >= 0.6 is 0 Å². The molecule has 19 heavy (non-hydrogen) atoms. The van der Waals surface area contributed by atoms with Gasteiger partial charge in [0, 0.05) is 12.5 Å². The van der Waals surface area contributed by atoms with E-state index in [4.69, 9.17) is 9.52 Å². The fourth-order valence-corrected chi connectivity index (χ4v) is 2.05. The quantitative estimate of drug-likeness (QED) is 0.750. The second-order valence-corrected chi connectivity index (χ2v) is 4.25. The number of hydrogen-bond donors (Lipinski definition) is 2. The predicted octanol–water partition coefficient (Wildman–Crippen LogP) is 2.15. The Balaban J connectivity index is 2.08. The fourth-order valence-electron chi connectivity index (χ4n) is 2.05. The Labute approximate surface area is 108 Å². The molecule has 0 bridgehead atoms. The third-order valence-corrected chi connectivity index (χ3v) is 2.85. The van der Waals surface area contributed by atoms with Crippen LogP contribution in [0.3, 0.4) is 0 Å². The lowest BCUT2D eigenvalue weighted by atomic mass is 10.0. The lowest BCUT2D eigenvalue weighted by molar-refractivity contribution is -0.136. The first-order chi connectivity index (χ1) is 9.13. The summed E-state index contributed by atoms with van der Waals surface area (Å²) in [5.74, 6) is -0.299. The van der Waals surface area contributed by atoms with Crippen molar-refractivity contribution in [2.45, 2.75) is 13.3 Å². The molecule has 96 valence electrons. The smallest absolute Gasteiger partial charge is 0.309 e. The number of carboxylic acids is 1. The van der Waals surface area contributed by atoms with Crippen molar-refractivity contribution in [1.82, 2.24) is 15.2 Å². The second kappa shape index (κ2) is 4.24. The molecule has 0 spiro atoms. The van der Waals surface area contributed by atoms with Gasteiger partial charge in [-0.3, -0.25) is 9.89 Å². The van der Waals surface area contributed by atoms with E-state index in [9.17, 15) is 4.79 Å². The molecule has 2 aromatic heterocycles. The molecule has 6 nitrogen and oxygen atoms in total. The van der Waals surface area contributed by atoms with E-state index in [1.807, 2.05) is 18.2 Å². The van der Waals surface area contributed by atoms with Gasteiger partial charge in [0.05, 0.1) is 18.3 Å². The van der Waals surface area contributed by atoms with Crippen LogP contribution in [0.5, 0.6) is 0 Å². The molecular weight excluding hydrogens is 246 g/mol. The average Bonchev–Trinajstić information content (AvgIpc) is 2.92. The number of carbonyl (C=O) groups is 1. The standard InChI is InChI=1S/C13H11N3O3/c1-7-15-10-3-2-8(4-12(10)19-7)9-6-14-16-11(9)5-13(17)18/h2-4,6H,5H2,1H3,(H,14,16)(H,17,18). The molecule has 3 rings (SSSR count). The maximum atomic E-state index is 10.8. The Hall–Kier alpha value is -2.63. The molecule has 0 amide bonds. The number of benzene rings is 1. The van der Waals surface area contributed by atoms with Crippen molar-refractivity contribution in [2.75, 3.05) is 0 Å². The van der Waals surface area contributed by atoms with Gasteiger partial charge in [-0.1, -0.05) is 6.07 Å². The molecule has 0 aliphatic rings. The number of fused-ring (bicyclic) bond motifs is 1. The third kappa shape index (κ3) is 2.08. The van der Waals surface area contributed by atoms with Crippen LogP contribution in [-0.2, 0) is 11.2 Å². The minimum absolute atomic E-state index is 0.0944. The van der Waals surface area contributed by atoms with Crippen LogP contribution in [0.25, 0.3) is 22.2 Å². The summed E-state index contributed by atoms with van der Waals surface area (Å²) in [6.45, 7) is 1.79. The Morgan fingerprint density at radius 2 is 2.32 bits per heavy atom. The normalized spacial score (nSPS) is 11.0. The number of carboxylic acid groups (broad SMARTS) is 1. The summed E-state index contributed by atoms with van der Waals surface area (Å²) in [6.07, 6.45) is 1.52. The number of aromatic amines is 1. The summed E-state index contributed by atoms with van der Waals surface area (Å²) < 4.78 is 5.47. The number of aliphatic carboxylic acids is 1. The van der Waals surface area contributed by atoms with E-state index in [1.54, 1.807) is 13.1 Å². The third-order valence-electron chi connectivity index (χ3n) is 2.85. The molecule has 2 N–H and O–H groups in total. The number of hydrogen-bond acceptors (Lipinski definition) is 4. The number of H-pyrrole nitrogens is 1. The molecular formula is C13H11N3O3. The molecule has 0 saturated carbocycles. The molecule has 0 radical (unpaired) electrons. The molecule has 0 saturated heterocycles. The summed E-state index contributed by atoms with van der Waals surface area (Å²) in [5, 5.41) is 15.5. The van der Waals surface area contributed by atoms with Crippen LogP contribution in [0.2, 0.25) is 0 Å². The fraction of sp³-hybridized carbons (Fsp3) is 0.154. The van der Waals surface area contributed by atoms with Gasteiger partial charge in [0.2, 0.25) is 0 Å². The first-order valence-corrected chi connectivity index (χ1v) is 5.75. The van der Waals surface area contributed by atoms with Crippen LogP contribution in [0.1, 0.15) is 11.6 Å². The monoisotopic (exact) mass is 257 g/mol. The van der Waals surface area contributed by atoms with Crippen LogP contribution in [0.4, 0.5) is 0 Å². The molecule has 0 aliphatic heterocycles. The first kappa shape index (κ1) is 11.5. The zero-order chi connectivity index (χ0) is 13.4. The Kier molecular flexibility index (Phi) is 2.56. The molecule has 3 aromatic rings. The van der Waals surface area contributed by atoms with Crippen molar-refractivity contribution in [3.8, 4) is 11.1 Å². The number of aryl methyl sites for hydroxylation is 1. The van der Waals surface area contributed by atoms with E-state index in [2.05, 4.69) is 15.2 Å². The Bertz CT molecular complexity index is 757. The molecule has 0 fully saturated rings. The largest absolute Gasteiger partial charge is 0.481 e. The Morgan fingerprint density at radius 3 is 3.11 bits per heavy atom. The summed E-state index contributed by atoms with van der Waals surface area (Å²) in [7, 11) is 0. The minimum Gasteiger partial charge on any atom is -0.481 e. The van der Waals surface area contributed by atoms with Crippen molar-refractivity contribution in [2.24, 2.45) is 0 Å². The maximum Gasteiger partial charge on any atom is 0.309 e. The van der Waals surface area contributed by atoms with Crippen molar-refractivity contribution >= 4 is 17.1 Å².